The van der Waals surface area contributed by atoms with Gasteiger partial charge in [0.2, 0.25) is 0 Å². The van der Waals surface area contributed by atoms with Gasteiger partial charge in [-0.2, -0.15) is 5.21 Å². The molecule has 8 nitrogen and oxygen atoms in total. The van der Waals surface area contributed by atoms with E-state index in [4.69, 9.17) is 5.11 Å². The number of aromatic nitrogens is 4. The molecule has 0 bridgehead atoms. The zero-order valence-corrected chi connectivity index (χ0v) is 9.17. The standard InChI is InChI=1S/C9H13N5O3/c15-7(16)5-6-1-3-14(4-2-6)9(17)8-10-12-13-11-8/h6H,1-5H2,(H,15,16)(H,10,11,12,13). The molecule has 0 aliphatic carbocycles. The Morgan fingerprint density at radius 2 is 2.12 bits per heavy atom. The van der Waals surface area contributed by atoms with Crippen LogP contribution in [0, 0.1) is 5.92 Å². The highest BCUT2D eigenvalue weighted by molar-refractivity contribution is 5.90. The van der Waals surface area contributed by atoms with Crippen LogP contribution in [0.2, 0.25) is 0 Å². The second-order valence-corrected chi connectivity index (χ2v) is 4.07. The Balaban J connectivity index is 1.87. The van der Waals surface area contributed by atoms with Crippen LogP contribution in [0.15, 0.2) is 0 Å². The summed E-state index contributed by atoms with van der Waals surface area (Å²) in [5, 5.41) is 21.5. The number of nitrogens with zero attached hydrogens (tertiary/aromatic N) is 4. The van der Waals surface area contributed by atoms with Crippen molar-refractivity contribution in [3.8, 4) is 0 Å². The number of tetrazole rings is 1. The summed E-state index contributed by atoms with van der Waals surface area (Å²) in [6.45, 7) is 1.09. The lowest BCUT2D eigenvalue weighted by Crippen LogP contribution is -2.39. The van der Waals surface area contributed by atoms with Crippen molar-refractivity contribution in [3.63, 3.8) is 0 Å². The first-order valence-corrected chi connectivity index (χ1v) is 5.41. The van der Waals surface area contributed by atoms with Crippen molar-refractivity contribution >= 4 is 11.9 Å². The third-order valence-corrected chi connectivity index (χ3v) is 2.90. The number of hydrogen-bond acceptors (Lipinski definition) is 5. The Kier molecular flexibility index (Phi) is 3.31. The smallest absolute Gasteiger partial charge is 0.303 e. The number of carbonyl (C=O) groups is 2. The minimum absolute atomic E-state index is 0.0571. The van der Waals surface area contributed by atoms with E-state index in [0.717, 1.165) is 0 Å². The molecule has 0 saturated carbocycles. The van der Waals surface area contributed by atoms with Gasteiger partial charge in [0.05, 0.1) is 0 Å². The summed E-state index contributed by atoms with van der Waals surface area (Å²) in [5.74, 6) is -0.830. The molecule has 8 heteroatoms. The van der Waals surface area contributed by atoms with Gasteiger partial charge in [-0.1, -0.05) is 0 Å². The molecule has 0 spiro atoms. The van der Waals surface area contributed by atoms with Crippen molar-refractivity contribution in [1.82, 2.24) is 25.5 Å². The molecule has 1 amide bonds. The van der Waals surface area contributed by atoms with E-state index < -0.39 is 5.97 Å². The maximum absolute atomic E-state index is 11.8. The van der Waals surface area contributed by atoms with Gasteiger partial charge in [0.15, 0.2) is 0 Å². The summed E-state index contributed by atoms with van der Waals surface area (Å²) in [5.41, 5.74) is 0. The van der Waals surface area contributed by atoms with Gasteiger partial charge in [-0.25, -0.2) is 0 Å². The molecular weight excluding hydrogens is 226 g/mol. The molecule has 92 valence electrons. The SMILES string of the molecule is O=C(O)CC1CCN(C(=O)c2nn[nH]n2)CC1. The van der Waals surface area contributed by atoms with Crippen LogP contribution in [0.4, 0.5) is 0 Å². The molecule has 0 aromatic carbocycles. The van der Waals surface area contributed by atoms with E-state index in [-0.39, 0.29) is 24.1 Å². The average Bonchev–Trinajstić information content (AvgIpc) is 2.82. The Morgan fingerprint density at radius 3 is 2.65 bits per heavy atom. The lowest BCUT2D eigenvalue weighted by molar-refractivity contribution is -0.138. The van der Waals surface area contributed by atoms with Gasteiger partial charge in [-0.3, -0.25) is 9.59 Å². The normalized spacial score (nSPS) is 17.1. The molecule has 0 atom stereocenters. The van der Waals surface area contributed by atoms with Gasteiger partial charge in [-0.05, 0) is 24.0 Å². The molecule has 1 aliphatic heterocycles. The summed E-state index contributed by atoms with van der Waals surface area (Å²) in [6.07, 6.45) is 1.58. The van der Waals surface area contributed by atoms with Gasteiger partial charge in [-0.15, -0.1) is 10.2 Å². The second kappa shape index (κ2) is 4.89. The summed E-state index contributed by atoms with van der Waals surface area (Å²) in [6, 6.07) is 0. The first kappa shape index (κ1) is 11.5. The van der Waals surface area contributed by atoms with E-state index in [2.05, 4.69) is 20.6 Å². The molecule has 17 heavy (non-hydrogen) atoms. The summed E-state index contributed by atoms with van der Waals surface area (Å²) < 4.78 is 0. The van der Waals surface area contributed by atoms with Crippen molar-refractivity contribution in [1.29, 1.82) is 0 Å². The van der Waals surface area contributed by atoms with Crippen molar-refractivity contribution in [2.24, 2.45) is 5.92 Å². The number of carbonyl (C=O) groups excluding carboxylic acids is 1. The first-order chi connectivity index (χ1) is 8.16. The zero-order valence-electron chi connectivity index (χ0n) is 9.17. The topological polar surface area (TPSA) is 112 Å². The molecule has 2 rings (SSSR count). The van der Waals surface area contributed by atoms with Crippen LogP contribution in [0.1, 0.15) is 29.9 Å². The maximum atomic E-state index is 11.8. The number of aromatic amines is 1. The maximum Gasteiger partial charge on any atom is 0.303 e. The first-order valence-electron chi connectivity index (χ1n) is 5.41. The summed E-state index contributed by atoms with van der Waals surface area (Å²) in [7, 11) is 0. The number of rotatable bonds is 3. The fourth-order valence-electron chi connectivity index (χ4n) is 1.98. The molecule has 2 heterocycles. The van der Waals surface area contributed by atoms with Crippen LogP contribution in [-0.2, 0) is 4.79 Å². The van der Waals surface area contributed by atoms with Crippen LogP contribution in [-0.4, -0.2) is 55.6 Å². The molecule has 1 aromatic heterocycles. The van der Waals surface area contributed by atoms with Gasteiger partial charge < -0.3 is 10.0 Å². The summed E-state index contributed by atoms with van der Waals surface area (Å²) in [4.78, 5) is 24.0. The summed E-state index contributed by atoms with van der Waals surface area (Å²) >= 11 is 0. The largest absolute Gasteiger partial charge is 0.481 e. The number of carboxylic acid groups (broad SMARTS) is 1. The fourth-order valence-corrected chi connectivity index (χ4v) is 1.98. The number of hydrogen-bond donors (Lipinski definition) is 2. The van der Waals surface area contributed by atoms with E-state index in [9.17, 15) is 9.59 Å². The van der Waals surface area contributed by atoms with Crippen molar-refractivity contribution in [2.75, 3.05) is 13.1 Å². The molecule has 0 radical (unpaired) electrons. The van der Waals surface area contributed by atoms with Crippen LogP contribution in [0.5, 0.6) is 0 Å². The minimum Gasteiger partial charge on any atom is -0.481 e. The number of aliphatic carboxylic acids is 1. The quantitative estimate of drug-likeness (QED) is 0.737. The Labute approximate surface area is 97.0 Å². The van der Waals surface area contributed by atoms with Crippen molar-refractivity contribution < 1.29 is 14.7 Å². The van der Waals surface area contributed by atoms with Crippen LogP contribution in [0.3, 0.4) is 0 Å². The fraction of sp³-hybridized carbons (Fsp3) is 0.667. The highest BCUT2D eigenvalue weighted by atomic mass is 16.4. The molecule has 1 fully saturated rings. The monoisotopic (exact) mass is 239 g/mol. The Hall–Kier alpha value is -1.99. The zero-order chi connectivity index (χ0) is 12.3. The number of H-pyrrole nitrogens is 1. The van der Waals surface area contributed by atoms with Crippen LogP contribution >= 0.6 is 0 Å². The molecule has 1 saturated heterocycles. The van der Waals surface area contributed by atoms with Crippen molar-refractivity contribution in [2.45, 2.75) is 19.3 Å². The lowest BCUT2D eigenvalue weighted by atomic mass is 9.93. The van der Waals surface area contributed by atoms with Gasteiger partial charge in [0.1, 0.15) is 0 Å². The van der Waals surface area contributed by atoms with Gasteiger partial charge >= 0.3 is 5.97 Å². The molecule has 1 aliphatic rings. The second-order valence-electron chi connectivity index (χ2n) is 4.07. The molecule has 1 aromatic rings. The number of piperidine rings is 1. The third-order valence-electron chi connectivity index (χ3n) is 2.90. The Bertz CT molecular complexity index is 397. The van der Waals surface area contributed by atoms with E-state index in [1.165, 1.54) is 0 Å². The van der Waals surface area contributed by atoms with Crippen molar-refractivity contribution in [3.05, 3.63) is 5.82 Å². The molecule has 0 unspecified atom stereocenters. The predicted octanol–water partition coefficient (Wildman–Crippen LogP) is -0.473. The highest BCUT2D eigenvalue weighted by Gasteiger charge is 2.26. The molecule has 2 N–H and O–H groups in total. The molecular formula is C9H13N5O3. The third kappa shape index (κ3) is 2.77. The lowest BCUT2D eigenvalue weighted by Gasteiger charge is -2.30. The van der Waals surface area contributed by atoms with E-state index in [1.54, 1.807) is 4.90 Å². The number of nitrogens with one attached hydrogen (secondary N) is 1. The van der Waals surface area contributed by atoms with E-state index in [0.29, 0.717) is 25.9 Å². The number of carboxylic acids is 1. The minimum atomic E-state index is -0.784. The Morgan fingerprint density at radius 1 is 1.41 bits per heavy atom. The highest BCUT2D eigenvalue weighted by Crippen LogP contribution is 2.21. The number of likely N-dealkylation sites (tertiary alicyclic amines) is 1. The van der Waals surface area contributed by atoms with Crippen LogP contribution < -0.4 is 0 Å². The average molecular weight is 239 g/mol. The predicted molar refractivity (Wildman–Crippen MR) is 55.1 cm³/mol. The van der Waals surface area contributed by atoms with Crippen LogP contribution in [0.25, 0.3) is 0 Å². The van der Waals surface area contributed by atoms with Gasteiger partial charge in [0.25, 0.3) is 11.7 Å². The van der Waals surface area contributed by atoms with E-state index >= 15 is 0 Å². The number of amides is 1. The van der Waals surface area contributed by atoms with E-state index in [1.807, 2.05) is 0 Å². The van der Waals surface area contributed by atoms with Gasteiger partial charge in [0, 0.05) is 19.5 Å².